The van der Waals surface area contributed by atoms with Crippen molar-refractivity contribution in [1.29, 1.82) is 0 Å². The summed E-state index contributed by atoms with van der Waals surface area (Å²) in [4.78, 5) is 10.7. The van der Waals surface area contributed by atoms with E-state index in [1.807, 2.05) is 0 Å². The van der Waals surface area contributed by atoms with Gasteiger partial charge in [0.2, 0.25) is 0 Å². The Labute approximate surface area is 114 Å². The molecule has 1 aromatic rings. The van der Waals surface area contributed by atoms with Gasteiger partial charge in [0.25, 0.3) is 0 Å². The molecule has 0 unspecified atom stereocenters. The van der Waals surface area contributed by atoms with Crippen LogP contribution in [0.2, 0.25) is 5.02 Å². The topological polar surface area (TPSA) is 46.5 Å². The molecule has 6 heteroatoms. The molecule has 0 atom stereocenters. The number of hydrogen-bond donors (Lipinski definition) is 1. The number of carbonyl (C=O) groups is 1. The van der Waals surface area contributed by atoms with E-state index in [1.54, 1.807) is 0 Å². The number of aliphatic carboxylic acids is 1. The van der Waals surface area contributed by atoms with Crippen molar-refractivity contribution < 1.29 is 23.4 Å². The van der Waals surface area contributed by atoms with E-state index >= 15 is 0 Å². The zero-order valence-corrected chi connectivity index (χ0v) is 11.2. The van der Waals surface area contributed by atoms with Crippen LogP contribution in [0.15, 0.2) is 23.8 Å². The third-order valence-corrected chi connectivity index (χ3v) is 2.64. The maximum Gasteiger partial charge on any atom is 0.397 e. The molecular weight excluding hydrogens is 278 g/mol. The highest BCUT2D eigenvalue weighted by Crippen LogP contribution is 2.31. The Hall–Kier alpha value is -1.62. The first-order valence-corrected chi connectivity index (χ1v) is 5.91. The molecule has 3 nitrogen and oxygen atoms in total. The molecule has 19 heavy (non-hydrogen) atoms. The van der Waals surface area contributed by atoms with Crippen LogP contribution in [0, 0.1) is 0 Å². The lowest BCUT2D eigenvalue weighted by Gasteiger charge is -2.17. The fourth-order valence-corrected chi connectivity index (χ4v) is 1.46. The first kappa shape index (κ1) is 15.4. The standard InChI is InChI=1S/C13H13ClF2O3/c1-3-13(15,16)19-11-5-4-9(7-10(11)14)6-8(2)12(17)18/h4-7H,3H2,1-2H3,(H,17,18). The zero-order chi connectivity index (χ0) is 14.6. The van der Waals surface area contributed by atoms with E-state index in [4.69, 9.17) is 16.7 Å². The molecule has 0 heterocycles. The summed E-state index contributed by atoms with van der Waals surface area (Å²) in [5.41, 5.74) is 0.612. The maximum atomic E-state index is 13.1. The second-order valence-corrected chi connectivity index (χ2v) is 4.32. The molecule has 104 valence electrons. The van der Waals surface area contributed by atoms with Gasteiger partial charge in [-0.3, -0.25) is 0 Å². The van der Waals surface area contributed by atoms with Gasteiger partial charge < -0.3 is 9.84 Å². The summed E-state index contributed by atoms with van der Waals surface area (Å²) in [5.74, 6) is -1.20. The minimum absolute atomic E-state index is 0.0000591. The Morgan fingerprint density at radius 2 is 2.16 bits per heavy atom. The second-order valence-electron chi connectivity index (χ2n) is 3.92. The predicted molar refractivity (Wildman–Crippen MR) is 68.6 cm³/mol. The van der Waals surface area contributed by atoms with Crippen LogP contribution in [0.3, 0.4) is 0 Å². The fraction of sp³-hybridized carbons (Fsp3) is 0.308. The number of carboxylic acid groups (broad SMARTS) is 1. The summed E-state index contributed by atoms with van der Waals surface area (Å²) in [6.45, 7) is 2.72. The van der Waals surface area contributed by atoms with E-state index in [2.05, 4.69) is 4.74 Å². The van der Waals surface area contributed by atoms with E-state index in [0.29, 0.717) is 5.56 Å². The van der Waals surface area contributed by atoms with Crippen molar-refractivity contribution >= 4 is 23.6 Å². The van der Waals surface area contributed by atoms with Crippen LogP contribution in [0.5, 0.6) is 5.75 Å². The lowest BCUT2D eigenvalue weighted by molar-refractivity contribution is -0.177. The maximum absolute atomic E-state index is 13.1. The molecule has 1 rings (SSSR count). The fourth-order valence-electron chi connectivity index (χ4n) is 1.23. The molecule has 0 aromatic heterocycles. The van der Waals surface area contributed by atoms with Gasteiger partial charge in [-0.2, -0.15) is 8.78 Å². The normalized spacial score (nSPS) is 12.4. The summed E-state index contributed by atoms with van der Waals surface area (Å²) < 4.78 is 30.6. The van der Waals surface area contributed by atoms with Gasteiger partial charge in [0.05, 0.1) is 5.02 Å². The Morgan fingerprint density at radius 1 is 1.53 bits per heavy atom. The Morgan fingerprint density at radius 3 is 2.63 bits per heavy atom. The smallest absolute Gasteiger partial charge is 0.397 e. The monoisotopic (exact) mass is 290 g/mol. The third kappa shape index (κ3) is 4.52. The highest BCUT2D eigenvalue weighted by atomic mass is 35.5. The molecule has 0 saturated carbocycles. The molecular formula is C13H13ClF2O3. The summed E-state index contributed by atoms with van der Waals surface area (Å²) in [5, 5.41) is 8.73. The van der Waals surface area contributed by atoms with Crippen LogP contribution in [0.4, 0.5) is 8.78 Å². The molecule has 0 bridgehead atoms. The molecule has 1 aromatic carbocycles. The molecule has 0 amide bonds. The van der Waals surface area contributed by atoms with Crippen LogP contribution in [0.1, 0.15) is 25.8 Å². The number of rotatable bonds is 5. The highest BCUT2D eigenvalue weighted by molar-refractivity contribution is 6.32. The summed E-state index contributed by atoms with van der Waals surface area (Å²) in [6, 6.07) is 4.11. The number of halogens is 3. The van der Waals surface area contributed by atoms with E-state index in [-0.39, 0.29) is 16.3 Å². The van der Waals surface area contributed by atoms with E-state index < -0.39 is 18.5 Å². The van der Waals surface area contributed by atoms with Crippen LogP contribution in [-0.2, 0) is 4.79 Å². The minimum Gasteiger partial charge on any atom is -0.478 e. The number of alkyl halides is 2. The molecule has 0 saturated heterocycles. The largest absolute Gasteiger partial charge is 0.478 e. The van der Waals surface area contributed by atoms with Crippen molar-refractivity contribution in [3.05, 3.63) is 34.4 Å². The van der Waals surface area contributed by atoms with Crippen molar-refractivity contribution in [2.24, 2.45) is 0 Å². The van der Waals surface area contributed by atoms with Gasteiger partial charge in [-0.25, -0.2) is 4.79 Å². The van der Waals surface area contributed by atoms with Crippen molar-refractivity contribution in [3.63, 3.8) is 0 Å². The second kappa shape index (κ2) is 6.02. The molecule has 0 aliphatic carbocycles. The van der Waals surface area contributed by atoms with E-state index in [0.717, 1.165) is 0 Å². The Kier molecular flexibility index (Phi) is 4.89. The lowest BCUT2D eigenvalue weighted by atomic mass is 10.1. The predicted octanol–water partition coefficient (Wildman–Crippen LogP) is 4.21. The van der Waals surface area contributed by atoms with Gasteiger partial charge in [-0.15, -0.1) is 0 Å². The van der Waals surface area contributed by atoms with Crippen LogP contribution in [-0.4, -0.2) is 17.2 Å². The minimum atomic E-state index is -3.28. The number of ether oxygens (including phenoxy) is 1. The molecule has 0 aliphatic rings. The number of carboxylic acids is 1. The average Bonchev–Trinajstić information content (AvgIpc) is 2.32. The highest BCUT2D eigenvalue weighted by Gasteiger charge is 2.29. The molecule has 0 fully saturated rings. The Bertz CT molecular complexity index is 513. The van der Waals surface area contributed by atoms with Crippen molar-refractivity contribution in [3.8, 4) is 5.75 Å². The van der Waals surface area contributed by atoms with Crippen molar-refractivity contribution in [2.45, 2.75) is 26.4 Å². The first-order valence-electron chi connectivity index (χ1n) is 5.53. The number of hydrogen-bond acceptors (Lipinski definition) is 2. The van der Waals surface area contributed by atoms with E-state index in [9.17, 15) is 13.6 Å². The van der Waals surface area contributed by atoms with Gasteiger partial charge in [0.1, 0.15) is 5.75 Å². The Balaban J connectivity index is 2.98. The van der Waals surface area contributed by atoms with Crippen LogP contribution >= 0.6 is 11.6 Å². The van der Waals surface area contributed by atoms with Crippen molar-refractivity contribution in [2.75, 3.05) is 0 Å². The van der Waals surface area contributed by atoms with Crippen molar-refractivity contribution in [1.82, 2.24) is 0 Å². The van der Waals surface area contributed by atoms with E-state index in [1.165, 1.54) is 38.1 Å². The number of benzene rings is 1. The summed E-state index contributed by atoms with van der Waals surface area (Å²) >= 11 is 5.82. The molecule has 1 N–H and O–H groups in total. The zero-order valence-electron chi connectivity index (χ0n) is 10.4. The van der Waals surface area contributed by atoms with Gasteiger partial charge >= 0.3 is 12.1 Å². The summed E-state index contributed by atoms with van der Waals surface area (Å²) in [7, 11) is 0. The average molecular weight is 291 g/mol. The van der Waals surface area contributed by atoms with Gasteiger partial charge in [0.15, 0.2) is 0 Å². The van der Waals surface area contributed by atoms with Gasteiger partial charge in [-0.1, -0.05) is 24.6 Å². The first-order chi connectivity index (χ1) is 8.75. The van der Waals surface area contributed by atoms with Gasteiger partial charge in [-0.05, 0) is 30.7 Å². The summed E-state index contributed by atoms with van der Waals surface area (Å²) in [6.07, 6.45) is -2.36. The quantitative estimate of drug-likeness (QED) is 0.826. The van der Waals surface area contributed by atoms with Crippen LogP contribution < -0.4 is 4.74 Å². The third-order valence-electron chi connectivity index (χ3n) is 2.35. The lowest BCUT2D eigenvalue weighted by Crippen LogP contribution is -2.23. The van der Waals surface area contributed by atoms with Gasteiger partial charge in [0, 0.05) is 12.0 Å². The molecule has 0 spiro atoms. The van der Waals surface area contributed by atoms with Crippen LogP contribution in [0.25, 0.3) is 6.08 Å². The SMILES string of the molecule is CCC(F)(F)Oc1ccc(C=C(C)C(=O)O)cc1Cl. The molecule has 0 radical (unpaired) electrons. The molecule has 0 aliphatic heterocycles.